The first-order valence-corrected chi connectivity index (χ1v) is 6.39. The molecule has 0 saturated carbocycles. The van der Waals surface area contributed by atoms with Gasteiger partial charge in [0.1, 0.15) is 0 Å². The van der Waals surface area contributed by atoms with Crippen LogP contribution in [-0.4, -0.2) is 4.98 Å². The number of nitrogens with zero attached hydrogens (tertiary/aromatic N) is 1. The van der Waals surface area contributed by atoms with Crippen LogP contribution >= 0.6 is 11.6 Å². The average molecular weight is 247 g/mol. The van der Waals surface area contributed by atoms with Crippen LogP contribution in [0.5, 0.6) is 0 Å². The Morgan fingerprint density at radius 3 is 3.06 bits per heavy atom. The fraction of sp³-hybridized carbons (Fsp3) is 0.357. The van der Waals surface area contributed by atoms with Crippen LogP contribution in [0.15, 0.2) is 18.2 Å². The van der Waals surface area contributed by atoms with E-state index in [4.69, 9.17) is 22.3 Å². The molecule has 1 aliphatic carbocycles. The molecular formula is C14H15ClN2. The van der Waals surface area contributed by atoms with E-state index in [1.165, 1.54) is 17.7 Å². The molecule has 1 heterocycles. The van der Waals surface area contributed by atoms with E-state index in [-0.39, 0.29) is 0 Å². The molecule has 1 aromatic heterocycles. The number of pyridine rings is 1. The molecule has 17 heavy (non-hydrogen) atoms. The van der Waals surface area contributed by atoms with Crippen molar-refractivity contribution in [2.45, 2.75) is 26.2 Å². The summed E-state index contributed by atoms with van der Waals surface area (Å²) >= 11 is 6.02. The van der Waals surface area contributed by atoms with Crippen molar-refractivity contribution in [1.29, 1.82) is 0 Å². The second-order valence-corrected chi connectivity index (χ2v) is 5.40. The van der Waals surface area contributed by atoms with Gasteiger partial charge in [0, 0.05) is 21.8 Å². The van der Waals surface area contributed by atoms with E-state index in [0.717, 1.165) is 34.5 Å². The van der Waals surface area contributed by atoms with Gasteiger partial charge in [0.05, 0.1) is 5.52 Å². The first kappa shape index (κ1) is 10.8. The number of anilines is 1. The third kappa shape index (κ3) is 1.77. The maximum absolute atomic E-state index is 6.27. The predicted octanol–water partition coefficient (Wildman–Crippen LogP) is 3.60. The topological polar surface area (TPSA) is 38.9 Å². The van der Waals surface area contributed by atoms with Crippen LogP contribution in [0.2, 0.25) is 5.02 Å². The summed E-state index contributed by atoms with van der Waals surface area (Å²) in [5, 5.41) is 1.71. The molecule has 1 aliphatic rings. The van der Waals surface area contributed by atoms with E-state index in [2.05, 4.69) is 6.92 Å². The third-order valence-corrected chi connectivity index (χ3v) is 3.84. The predicted molar refractivity (Wildman–Crippen MR) is 72.4 cm³/mol. The largest absolute Gasteiger partial charge is 0.398 e. The summed E-state index contributed by atoms with van der Waals surface area (Å²) in [5.74, 6) is 0.697. The summed E-state index contributed by atoms with van der Waals surface area (Å²) in [5.41, 5.74) is 10.5. The van der Waals surface area contributed by atoms with Crippen molar-refractivity contribution in [2.24, 2.45) is 5.92 Å². The average Bonchev–Trinajstić information content (AvgIpc) is 2.32. The highest BCUT2D eigenvalue weighted by atomic mass is 35.5. The lowest BCUT2D eigenvalue weighted by Crippen LogP contribution is -2.15. The molecule has 1 unspecified atom stereocenters. The Labute approximate surface area is 106 Å². The van der Waals surface area contributed by atoms with Crippen LogP contribution in [0.1, 0.15) is 24.6 Å². The number of nitrogens with two attached hydrogens (primary N) is 1. The Morgan fingerprint density at radius 2 is 2.24 bits per heavy atom. The van der Waals surface area contributed by atoms with Gasteiger partial charge in [-0.05, 0) is 48.9 Å². The first-order chi connectivity index (χ1) is 8.15. The lowest BCUT2D eigenvalue weighted by molar-refractivity contribution is 0.496. The van der Waals surface area contributed by atoms with Crippen molar-refractivity contribution in [2.75, 3.05) is 5.73 Å². The number of hydrogen-bond acceptors (Lipinski definition) is 2. The first-order valence-electron chi connectivity index (χ1n) is 6.01. The molecule has 88 valence electrons. The molecule has 2 aromatic rings. The second kappa shape index (κ2) is 3.88. The van der Waals surface area contributed by atoms with Crippen LogP contribution in [0.25, 0.3) is 10.9 Å². The highest BCUT2D eigenvalue weighted by Gasteiger charge is 2.20. The fourth-order valence-electron chi connectivity index (χ4n) is 2.62. The minimum Gasteiger partial charge on any atom is -0.398 e. The second-order valence-electron chi connectivity index (χ2n) is 4.96. The molecular weight excluding hydrogens is 232 g/mol. The smallest absolute Gasteiger partial charge is 0.0727 e. The summed E-state index contributed by atoms with van der Waals surface area (Å²) in [6.07, 6.45) is 3.29. The number of aromatic nitrogens is 1. The molecule has 3 rings (SSSR count). The third-order valence-electron chi connectivity index (χ3n) is 3.60. The normalized spacial score (nSPS) is 19.3. The summed E-state index contributed by atoms with van der Waals surface area (Å²) in [6.45, 7) is 2.27. The van der Waals surface area contributed by atoms with Gasteiger partial charge in [0.15, 0.2) is 0 Å². The minimum absolute atomic E-state index is 0.697. The summed E-state index contributed by atoms with van der Waals surface area (Å²) < 4.78 is 0. The van der Waals surface area contributed by atoms with Crippen LogP contribution in [-0.2, 0) is 12.8 Å². The van der Waals surface area contributed by atoms with E-state index >= 15 is 0 Å². The van der Waals surface area contributed by atoms with Gasteiger partial charge in [-0.3, -0.25) is 4.98 Å². The monoisotopic (exact) mass is 246 g/mol. The fourth-order valence-corrected chi connectivity index (χ4v) is 2.79. The maximum atomic E-state index is 6.27. The standard InChI is InChI=1S/C14H15ClN2/c1-8-2-4-12-10(6-8)14(16)11-7-9(15)3-5-13(11)17-12/h3,5,7-8H,2,4,6H2,1H3,(H2,16,17). The van der Waals surface area contributed by atoms with E-state index < -0.39 is 0 Å². The molecule has 1 atom stereocenters. The highest BCUT2D eigenvalue weighted by molar-refractivity contribution is 6.31. The number of fused-ring (bicyclic) bond motifs is 2. The van der Waals surface area contributed by atoms with Gasteiger partial charge in [-0.1, -0.05) is 18.5 Å². The van der Waals surface area contributed by atoms with Crippen molar-refractivity contribution in [3.8, 4) is 0 Å². The van der Waals surface area contributed by atoms with Crippen LogP contribution < -0.4 is 5.73 Å². The molecule has 0 aliphatic heterocycles. The maximum Gasteiger partial charge on any atom is 0.0727 e. The number of benzene rings is 1. The van der Waals surface area contributed by atoms with Crippen molar-refractivity contribution in [3.05, 3.63) is 34.5 Å². The number of aryl methyl sites for hydroxylation is 1. The van der Waals surface area contributed by atoms with E-state index in [1.54, 1.807) is 0 Å². The molecule has 0 saturated heterocycles. The van der Waals surface area contributed by atoms with Gasteiger partial charge < -0.3 is 5.73 Å². The lowest BCUT2D eigenvalue weighted by Gasteiger charge is -2.23. The number of rotatable bonds is 0. The SMILES string of the molecule is CC1CCc2nc3ccc(Cl)cc3c(N)c2C1. The molecule has 0 amide bonds. The van der Waals surface area contributed by atoms with Crippen molar-refractivity contribution >= 4 is 28.2 Å². The van der Waals surface area contributed by atoms with Crippen LogP contribution in [0, 0.1) is 5.92 Å². The summed E-state index contributed by atoms with van der Waals surface area (Å²) in [7, 11) is 0. The molecule has 2 nitrogen and oxygen atoms in total. The van der Waals surface area contributed by atoms with Gasteiger partial charge in [-0.25, -0.2) is 0 Å². The van der Waals surface area contributed by atoms with Gasteiger partial charge in [-0.15, -0.1) is 0 Å². The van der Waals surface area contributed by atoms with E-state index in [1.807, 2.05) is 18.2 Å². The Hall–Kier alpha value is -1.28. The Bertz CT molecular complexity index is 592. The summed E-state index contributed by atoms with van der Waals surface area (Å²) in [4.78, 5) is 4.71. The Kier molecular flexibility index (Phi) is 2.48. The Balaban J connectivity index is 2.29. The molecule has 1 aromatic carbocycles. The van der Waals surface area contributed by atoms with E-state index in [9.17, 15) is 0 Å². The van der Waals surface area contributed by atoms with Gasteiger partial charge in [0.2, 0.25) is 0 Å². The van der Waals surface area contributed by atoms with Crippen LogP contribution in [0.3, 0.4) is 0 Å². The quantitative estimate of drug-likeness (QED) is 0.772. The molecule has 0 bridgehead atoms. The van der Waals surface area contributed by atoms with Crippen LogP contribution in [0.4, 0.5) is 5.69 Å². The van der Waals surface area contributed by atoms with Gasteiger partial charge >= 0.3 is 0 Å². The van der Waals surface area contributed by atoms with Crippen molar-refractivity contribution < 1.29 is 0 Å². The molecule has 0 fully saturated rings. The lowest BCUT2D eigenvalue weighted by atomic mass is 9.86. The highest BCUT2D eigenvalue weighted by Crippen LogP contribution is 2.33. The van der Waals surface area contributed by atoms with Gasteiger partial charge in [0.25, 0.3) is 0 Å². The zero-order valence-electron chi connectivity index (χ0n) is 9.83. The Morgan fingerprint density at radius 1 is 1.41 bits per heavy atom. The number of hydrogen-bond donors (Lipinski definition) is 1. The van der Waals surface area contributed by atoms with Gasteiger partial charge in [-0.2, -0.15) is 0 Å². The number of halogens is 1. The zero-order chi connectivity index (χ0) is 12.0. The van der Waals surface area contributed by atoms with Crippen molar-refractivity contribution in [1.82, 2.24) is 4.98 Å². The molecule has 0 radical (unpaired) electrons. The molecule has 2 N–H and O–H groups in total. The minimum atomic E-state index is 0.697. The van der Waals surface area contributed by atoms with E-state index in [0.29, 0.717) is 5.92 Å². The molecule has 0 spiro atoms. The van der Waals surface area contributed by atoms with Crippen molar-refractivity contribution in [3.63, 3.8) is 0 Å². The number of nitrogen functional groups attached to an aromatic ring is 1. The zero-order valence-corrected chi connectivity index (χ0v) is 10.6. The summed E-state index contributed by atoms with van der Waals surface area (Å²) in [6, 6.07) is 5.74. The molecule has 3 heteroatoms.